The highest BCUT2D eigenvalue weighted by atomic mass is 32.2. The van der Waals surface area contributed by atoms with E-state index in [1.165, 1.54) is 11.8 Å². The van der Waals surface area contributed by atoms with Crippen molar-refractivity contribution in [2.45, 2.75) is 37.8 Å². The molecular weight excluding hydrogens is 280 g/mol. The monoisotopic (exact) mass is 298 g/mol. The number of carbonyl (C=O) groups is 2. The van der Waals surface area contributed by atoms with Crippen LogP contribution in [0.4, 0.5) is 10.5 Å². The molecule has 0 fully saturated rings. The highest BCUT2D eigenvalue weighted by Gasteiger charge is 2.17. The predicted octanol–water partition coefficient (Wildman–Crippen LogP) is 3.00. The zero-order valence-electron chi connectivity index (χ0n) is 11.7. The zero-order chi connectivity index (χ0) is 15.2. The van der Waals surface area contributed by atoms with Gasteiger partial charge < -0.3 is 9.84 Å². The summed E-state index contributed by atoms with van der Waals surface area (Å²) in [6.45, 7) is 5.33. The first-order valence-corrected chi connectivity index (χ1v) is 7.06. The molecule has 0 saturated heterocycles. The molecule has 20 heavy (non-hydrogen) atoms. The van der Waals surface area contributed by atoms with E-state index in [1.54, 1.807) is 39.1 Å². The molecule has 0 aromatic carbocycles. The summed E-state index contributed by atoms with van der Waals surface area (Å²) in [4.78, 5) is 26.3. The van der Waals surface area contributed by atoms with Crippen LogP contribution >= 0.6 is 11.8 Å². The van der Waals surface area contributed by atoms with Crippen molar-refractivity contribution in [1.82, 2.24) is 4.98 Å². The Morgan fingerprint density at radius 1 is 1.45 bits per heavy atom. The summed E-state index contributed by atoms with van der Waals surface area (Å²) in [5.41, 5.74) is -0.0692. The van der Waals surface area contributed by atoms with Crippen molar-refractivity contribution in [1.29, 1.82) is 0 Å². The van der Waals surface area contributed by atoms with Gasteiger partial charge in [-0.15, -0.1) is 11.8 Å². The SMILES string of the molecule is CC(C)(C)OC(=O)Nc1cccnc1SCCC(=O)O. The Morgan fingerprint density at radius 2 is 2.15 bits per heavy atom. The van der Waals surface area contributed by atoms with Gasteiger partial charge in [0.05, 0.1) is 12.1 Å². The molecule has 1 aromatic rings. The number of carbonyl (C=O) groups excluding carboxylic acids is 1. The number of anilines is 1. The van der Waals surface area contributed by atoms with Crippen LogP contribution in [0, 0.1) is 0 Å². The molecule has 0 saturated carbocycles. The van der Waals surface area contributed by atoms with E-state index in [9.17, 15) is 9.59 Å². The number of hydrogen-bond donors (Lipinski definition) is 2. The largest absolute Gasteiger partial charge is 0.481 e. The Labute approximate surface area is 121 Å². The summed E-state index contributed by atoms with van der Waals surface area (Å²) in [5, 5.41) is 11.8. The Kier molecular flexibility index (Phi) is 5.82. The van der Waals surface area contributed by atoms with Crippen molar-refractivity contribution in [3.8, 4) is 0 Å². The smallest absolute Gasteiger partial charge is 0.412 e. The molecule has 6 nitrogen and oxygen atoms in total. The first-order valence-electron chi connectivity index (χ1n) is 6.07. The maximum Gasteiger partial charge on any atom is 0.412 e. The standard InChI is InChI=1S/C13H18N2O4S/c1-13(2,3)19-12(18)15-9-5-4-7-14-11(9)20-8-6-10(16)17/h4-5,7H,6,8H2,1-3H3,(H,15,18)(H,16,17). The summed E-state index contributed by atoms with van der Waals surface area (Å²) in [5.74, 6) is -0.481. The van der Waals surface area contributed by atoms with E-state index < -0.39 is 17.7 Å². The number of nitrogens with one attached hydrogen (secondary N) is 1. The van der Waals surface area contributed by atoms with Gasteiger partial charge in [0.1, 0.15) is 10.6 Å². The second-order valence-electron chi connectivity index (χ2n) is 4.98. The van der Waals surface area contributed by atoms with Crippen LogP contribution in [0.3, 0.4) is 0 Å². The fraction of sp³-hybridized carbons (Fsp3) is 0.462. The summed E-state index contributed by atoms with van der Waals surface area (Å²) < 4.78 is 5.16. The van der Waals surface area contributed by atoms with Gasteiger partial charge in [0.2, 0.25) is 0 Å². The second-order valence-corrected chi connectivity index (χ2v) is 6.06. The first kappa shape index (κ1) is 16.3. The van der Waals surface area contributed by atoms with Gasteiger partial charge in [-0.05, 0) is 32.9 Å². The van der Waals surface area contributed by atoms with E-state index in [-0.39, 0.29) is 6.42 Å². The van der Waals surface area contributed by atoms with Crippen LogP contribution in [0.2, 0.25) is 0 Å². The minimum Gasteiger partial charge on any atom is -0.481 e. The fourth-order valence-corrected chi connectivity index (χ4v) is 2.13. The van der Waals surface area contributed by atoms with Gasteiger partial charge in [-0.3, -0.25) is 10.1 Å². The Balaban J connectivity index is 2.65. The maximum atomic E-state index is 11.7. The Morgan fingerprint density at radius 3 is 2.75 bits per heavy atom. The van der Waals surface area contributed by atoms with Crippen molar-refractivity contribution in [3.05, 3.63) is 18.3 Å². The number of nitrogens with zero attached hydrogens (tertiary/aromatic N) is 1. The van der Waals surface area contributed by atoms with Gasteiger partial charge >= 0.3 is 12.1 Å². The number of amides is 1. The molecule has 2 N–H and O–H groups in total. The third-order valence-corrected chi connectivity index (χ3v) is 2.97. The van der Waals surface area contributed by atoms with E-state index in [2.05, 4.69) is 10.3 Å². The summed E-state index contributed by atoms with van der Waals surface area (Å²) >= 11 is 1.27. The van der Waals surface area contributed by atoms with Crippen LogP contribution in [0.5, 0.6) is 0 Å². The number of aromatic nitrogens is 1. The molecule has 1 aromatic heterocycles. The van der Waals surface area contributed by atoms with Crippen molar-refractivity contribution in [2.75, 3.05) is 11.1 Å². The van der Waals surface area contributed by atoms with E-state index in [0.717, 1.165) is 0 Å². The summed E-state index contributed by atoms with van der Waals surface area (Å²) in [7, 11) is 0. The molecule has 0 atom stereocenters. The molecule has 0 bridgehead atoms. The van der Waals surface area contributed by atoms with Crippen LogP contribution in [0.1, 0.15) is 27.2 Å². The van der Waals surface area contributed by atoms with E-state index in [0.29, 0.717) is 16.5 Å². The topological polar surface area (TPSA) is 88.5 Å². The number of carboxylic acid groups (broad SMARTS) is 1. The van der Waals surface area contributed by atoms with Crippen molar-refractivity contribution >= 4 is 29.5 Å². The maximum absolute atomic E-state index is 11.7. The molecule has 110 valence electrons. The van der Waals surface area contributed by atoms with Gasteiger partial charge in [0, 0.05) is 11.9 Å². The van der Waals surface area contributed by atoms with Gasteiger partial charge in [-0.2, -0.15) is 0 Å². The number of rotatable bonds is 5. The third kappa shape index (κ3) is 6.42. The lowest BCUT2D eigenvalue weighted by Crippen LogP contribution is -2.27. The fourth-order valence-electron chi connectivity index (χ4n) is 1.25. The Hall–Kier alpha value is -1.76. The molecular formula is C13H18N2O4S. The molecule has 0 aliphatic carbocycles. The molecule has 1 rings (SSSR count). The third-order valence-electron chi connectivity index (χ3n) is 1.96. The van der Waals surface area contributed by atoms with Crippen LogP contribution in [0.15, 0.2) is 23.4 Å². The lowest BCUT2D eigenvalue weighted by molar-refractivity contribution is -0.136. The van der Waals surface area contributed by atoms with Crippen LogP contribution in [-0.4, -0.2) is 33.5 Å². The lowest BCUT2D eigenvalue weighted by atomic mass is 10.2. The number of carboxylic acids is 1. The minimum absolute atomic E-state index is 0.0348. The highest BCUT2D eigenvalue weighted by molar-refractivity contribution is 7.99. The molecule has 1 heterocycles. The van der Waals surface area contributed by atoms with E-state index in [4.69, 9.17) is 9.84 Å². The summed E-state index contributed by atoms with van der Waals surface area (Å²) in [6.07, 6.45) is 1.06. The molecule has 0 aliphatic rings. The van der Waals surface area contributed by atoms with Gasteiger partial charge in [0.25, 0.3) is 0 Å². The van der Waals surface area contributed by atoms with E-state index >= 15 is 0 Å². The van der Waals surface area contributed by atoms with Gasteiger partial charge in [-0.25, -0.2) is 9.78 Å². The van der Waals surface area contributed by atoms with Crippen molar-refractivity contribution in [3.63, 3.8) is 0 Å². The molecule has 1 amide bonds. The molecule has 0 radical (unpaired) electrons. The van der Waals surface area contributed by atoms with Crippen molar-refractivity contribution < 1.29 is 19.4 Å². The zero-order valence-corrected chi connectivity index (χ0v) is 12.5. The van der Waals surface area contributed by atoms with E-state index in [1.807, 2.05) is 0 Å². The van der Waals surface area contributed by atoms with Crippen LogP contribution in [-0.2, 0) is 9.53 Å². The molecule has 0 spiro atoms. The molecule has 7 heteroatoms. The number of pyridine rings is 1. The first-order chi connectivity index (χ1) is 9.28. The number of hydrogen-bond acceptors (Lipinski definition) is 5. The number of aliphatic carboxylic acids is 1. The predicted molar refractivity (Wildman–Crippen MR) is 77.1 cm³/mol. The molecule has 0 aliphatic heterocycles. The Bertz CT molecular complexity index is 486. The normalized spacial score (nSPS) is 10.9. The highest BCUT2D eigenvalue weighted by Crippen LogP contribution is 2.25. The lowest BCUT2D eigenvalue weighted by Gasteiger charge is -2.20. The number of ether oxygens (including phenoxy) is 1. The average molecular weight is 298 g/mol. The number of thioether (sulfide) groups is 1. The van der Waals surface area contributed by atoms with Gasteiger partial charge in [-0.1, -0.05) is 0 Å². The summed E-state index contributed by atoms with van der Waals surface area (Å²) in [6, 6.07) is 3.38. The van der Waals surface area contributed by atoms with Crippen molar-refractivity contribution in [2.24, 2.45) is 0 Å². The van der Waals surface area contributed by atoms with Crippen LogP contribution in [0.25, 0.3) is 0 Å². The quantitative estimate of drug-likeness (QED) is 0.812. The average Bonchev–Trinajstić information content (AvgIpc) is 2.28. The minimum atomic E-state index is -0.866. The second kappa shape index (κ2) is 7.14. The van der Waals surface area contributed by atoms with Gasteiger partial charge in [0.15, 0.2) is 0 Å². The molecule has 0 unspecified atom stereocenters. The van der Waals surface area contributed by atoms with Crippen LogP contribution < -0.4 is 5.32 Å².